The molecule has 0 aliphatic heterocycles. The van der Waals surface area contributed by atoms with Crippen LogP contribution >= 0.6 is 0 Å². The highest BCUT2D eigenvalue weighted by molar-refractivity contribution is 5.81. The molecule has 0 heterocycles. The topological polar surface area (TPSA) is 74.6 Å². The maximum Gasteiger partial charge on any atom is 0.306 e. The zero-order chi connectivity index (χ0) is 13.4. The molecule has 2 atom stereocenters. The van der Waals surface area contributed by atoms with Crippen LogP contribution in [0.3, 0.4) is 0 Å². The molecule has 5 nitrogen and oxygen atoms in total. The number of likely N-dealkylation sites (N-methyl/N-ethyl adjacent to an activating group) is 1. The molecular formula is C9H18NO4+. The minimum absolute atomic E-state index is 0.352. The summed E-state index contributed by atoms with van der Waals surface area (Å²) < 4.78 is 15.1. The molecule has 0 saturated heterocycles. The van der Waals surface area contributed by atoms with Crippen molar-refractivity contribution in [2.45, 2.75) is 25.4 Å². The van der Waals surface area contributed by atoms with E-state index < -0.39 is 30.3 Å². The van der Waals surface area contributed by atoms with E-state index in [4.69, 9.17) is 7.85 Å². The van der Waals surface area contributed by atoms with Gasteiger partial charge in [-0.05, 0) is 0 Å². The van der Waals surface area contributed by atoms with Crippen molar-refractivity contribution in [2.75, 3.05) is 21.1 Å². The van der Waals surface area contributed by atoms with E-state index in [1.54, 1.807) is 0 Å². The second-order valence-electron chi connectivity index (χ2n) is 3.93. The molecule has 2 unspecified atom stereocenters. The van der Waals surface area contributed by atoms with E-state index in [9.17, 15) is 14.7 Å². The zero-order valence-electron chi connectivity index (χ0n) is 10.9. The van der Waals surface area contributed by atoms with Crippen molar-refractivity contribution >= 4 is 11.8 Å². The molecule has 82 valence electrons. The van der Waals surface area contributed by atoms with E-state index in [1.165, 1.54) is 21.1 Å². The van der Waals surface area contributed by atoms with Crippen LogP contribution in [-0.4, -0.2) is 59.7 Å². The Kier molecular flexibility index (Phi) is 3.10. The summed E-state index contributed by atoms with van der Waals surface area (Å²) in [6.07, 6.45) is -3.66. The molecule has 0 amide bonds. The highest BCUT2D eigenvalue weighted by atomic mass is 16.4. The van der Waals surface area contributed by atoms with E-state index in [2.05, 4.69) is 0 Å². The van der Waals surface area contributed by atoms with Crippen LogP contribution in [0.4, 0.5) is 0 Å². The second-order valence-corrected chi connectivity index (χ2v) is 3.93. The van der Waals surface area contributed by atoms with E-state index in [0.29, 0.717) is 0 Å². The standard InChI is InChI=1S/C9H17NO4/c1-6(11)9(10(2,3)4)7(12)5-8(13)14/h7,9,12H,5H2,1-4H3/p+1/i7D,9D. The number of hydrogen-bond acceptors (Lipinski definition) is 3. The van der Waals surface area contributed by atoms with Crippen LogP contribution in [0.1, 0.15) is 16.1 Å². The summed E-state index contributed by atoms with van der Waals surface area (Å²) in [6.45, 7) is 1.07. The lowest BCUT2D eigenvalue weighted by Crippen LogP contribution is -2.55. The first-order valence-corrected chi connectivity index (χ1v) is 4.13. The second kappa shape index (κ2) is 4.52. The summed E-state index contributed by atoms with van der Waals surface area (Å²) in [5.74, 6) is -2.18. The van der Waals surface area contributed by atoms with Crippen molar-refractivity contribution in [3.63, 3.8) is 0 Å². The minimum Gasteiger partial charge on any atom is -0.481 e. The smallest absolute Gasteiger partial charge is 0.306 e. The van der Waals surface area contributed by atoms with Crippen molar-refractivity contribution in [3.05, 3.63) is 0 Å². The first-order chi connectivity index (χ1) is 6.86. The molecule has 14 heavy (non-hydrogen) atoms. The number of nitrogens with zero attached hydrogens (tertiary/aromatic N) is 1. The third kappa shape index (κ3) is 3.85. The van der Waals surface area contributed by atoms with Crippen LogP contribution in [0.15, 0.2) is 0 Å². The lowest BCUT2D eigenvalue weighted by molar-refractivity contribution is -0.889. The molecule has 0 aliphatic carbocycles. The van der Waals surface area contributed by atoms with Gasteiger partial charge in [0.05, 0.1) is 28.9 Å². The van der Waals surface area contributed by atoms with Gasteiger partial charge >= 0.3 is 5.97 Å². The number of Topliss-reactive ketones (excluding diaryl/α,β-unsaturated/α-hetero) is 1. The number of hydrogen-bond donors (Lipinski definition) is 2. The minimum atomic E-state index is -2.68. The van der Waals surface area contributed by atoms with Crippen molar-refractivity contribution in [1.29, 1.82) is 0 Å². The number of aliphatic hydroxyl groups is 1. The average Bonchev–Trinajstić information content (AvgIpc) is 1.97. The normalized spacial score (nSPS) is 22.6. The summed E-state index contributed by atoms with van der Waals surface area (Å²) in [7, 11) is 4.36. The van der Waals surface area contributed by atoms with Gasteiger partial charge in [-0.25, -0.2) is 0 Å². The number of rotatable bonds is 5. The van der Waals surface area contributed by atoms with Gasteiger partial charge < -0.3 is 14.7 Å². The Hall–Kier alpha value is -0.940. The largest absolute Gasteiger partial charge is 0.481 e. The highest BCUT2D eigenvalue weighted by Gasteiger charge is 2.36. The number of aliphatic carboxylic acids is 1. The Bertz CT molecular complexity index is 311. The van der Waals surface area contributed by atoms with E-state index in [-0.39, 0.29) is 4.48 Å². The van der Waals surface area contributed by atoms with Gasteiger partial charge in [0.1, 0.15) is 7.45 Å². The van der Waals surface area contributed by atoms with Crippen molar-refractivity contribution in [2.24, 2.45) is 0 Å². The summed E-state index contributed by atoms with van der Waals surface area (Å²) in [4.78, 5) is 22.0. The highest BCUT2D eigenvalue weighted by Crippen LogP contribution is 2.12. The first kappa shape index (κ1) is 9.61. The predicted molar refractivity (Wildman–Crippen MR) is 50.8 cm³/mol. The van der Waals surface area contributed by atoms with Gasteiger partial charge in [0.15, 0.2) is 11.8 Å². The van der Waals surface area contributed by atoms with Crippen LogP contribution < -0.4 is 0 Å². The molecule has 0 rings (SSSR count). The molecule has 0 aromatic heterocycles. The van der Waals surface area contributed by atoms with Gasteiger partial charge in [-0.2, -0.15) is 0 Å². The van der Waals surface area contributed by atoms with Gasteiger partial charge in [-0.1, -0.05) is 0 Å². The lowest BCUT2D eigenvalue weighted by Gasteiger charge is -2.34. The van der Waals surface area contributed by atoms with Crippen molar-refractivity contribution in [3.8, 4) is 0 Å². The zero-order valence-corrected chi connectivity index (χ0v) is 8.87. The molecule has 0 spiro atoms. The van der Waals surface area contributed by atoms with Crippen molar-refractivity contribution < 1.29 is 27.0 Å². The monoisotopic (exact) mass is 206 g/mol. The van der Waals surface area contributed by atoms with Gasteiger partial charge in [0.25, 0.3) is 0 Å². The molecule has 0 saturated carbocycles. The van der Waals surface area contributed by atoms with Crippen LogP contribution in [-0.2, 0) is 9.59 Å². The van der Waals surface area contributed by atoms with E-state index >= 15 is 0 Å². The van der Waals surface area contributed by atoms with Gasteiger partial charge in [0, 0.05) is 6.92 Å². The molecule has 2 N–H and O–H groups in total. The van der Waals surface area contributed by atoms with E-state index in [0.717, 1.165) is 6.92 Å². The van der Waals surface area contributed by atoms with Crippen molar-refractivity contribution in [1.82, 2.24) is 0 Å². The SMILES string of the molecule is [2H]C(O)(CC(=O)O)C([2H])(C(C)=O)[N+](C)(C)C. The van der Waals surface area contributed by atoms with E-state index in [1.807, 2.05) is 0 Å². The molecule has 0 aromatic rings. The fourth-order valence-electron chi connectivity index (χ4n) is 1.29. The molecule has 0 bridgehead atoms. The quantitative estimate of drug-likeness (QED) is 0.594. The Morgan fingerprint density at radius 1 is 1.43 bits per heavy atom. The Labute approximate surface area is 86.4 Å². The molecule has 0 fully saturated rings. The summed E-state index contributed by atoms with van der Waals surface area (Å²) >= 11 is 0. The number of carbonyl (C=O) groups is 2. The summed E-state index contributed by atoms with van der Waals surface area (Å²) in [5, 5.41) is 18.4. The fourth-order valence-corrected chi connectivity index (χ4v) is 1.29. The molecular weight excluding hydrogens is 186 g/mol. The number of carboxylic acid groups (broad SMARTS) is 1. The molecule has 0 radical (unpaired) electrons. The van der Waals surface area contributed by atoms with Gasteiger partial charge in [-0.3, -0.25) is 9.59 Å². The molecule has 0 aliphatic rings. The predicted octanol–water partition coefficient (Wildman–Crippen LogP) is -0.514. The summed E-state index contributed by atoms with van der Waals surface area (Å²) in [5.41, 5.74) is 0. The average molecular weight is 206 g/mol. The van der Waals surface area contributed by atoms with Gasteiger partial charge in [-0.15, -0.1) is 0 Å². The lowest BCUT2D eigenvalue weighted by atomic mass is 10.0. The Morgan fingerprint density at radius 3 is 2.07 bits per heavy atom. The Balaban J connectivity index is 5.54. The third-order valence-corrected chi connectivity index (χ3v) is 1.60. The maximum absolute atomic E-state index is 11.5. The third-order valence-electron chi connectivity index (χ3n) is 1.60. The number of carbonyl (C=O) groups excluding carboxylic acids is 1. The van der Waals surface area contributed by atoms with Crippen LogP contribution in [0, 0.1) is 0 Å². The van der Waals surface area contributed by atoms with Crippen LogP contribution in [0.5, 0.6) is 0 Å². The molecule has 0 aromatic carbocycles. The summed E-state index contributed by atoms with van der Waals surface area (Å²) in [6, 6.07) is -2.24. The van der Waals surface area contributed by atoms with Crippen LogP contribution in [0.25, 0.3) is 0 Å². The van der Waals surface area contributed by atoms with Gasteiger partial charge in [0.2, 0.25) is 0 Å². The molecule has 5 heteroatoms. The fraction of sp³-hybridized carbons (Fsp3) is 0.778. The Morgan fingerprint density at radius 2 is 1.86 bits per heavy atom. The number of ketones is 1. The maximum atomic E-state index is 11.5. The first-order valence-electron chi connectivity index (χ1n) is 5.13. The van der Waals surface area contributed by atoms with Crippen LogP contribution in [0.2, 0.25) is 0 Å². The number of quaternary nitrogens is 1. The number of carboxylic acids is 1.